The summed E-state index contributed by atoms with van der Waals surface area (Å²) in [5.41, 5.74) is 2.09. The summed E-state index contributed by atoms with van der Waals surface area (Å²) in [6.07, 6.45) is 9.80. The molecule has 144 valence electrons. The Morgan fingerprint density at radius 1 is 1.19 bits per heavy atom. The van der Waals surface area contributed by atoms with E-state index >= 15 is 0 Å². The fourth-order valence-electron chi connectivity index (χ4n) is 3.61. The van der Waals surface area contributed by atoms with Crippen molar-refractivity contribution in [3.63, 3.8) is 0 Å². The minimum absolute atomic E-state index is 0.0190. The van der Waals surface area contributed by atoms with Crippen LogP contribution in [0.15, 0.2) is 46.9 Å². The summed E-state index contributed by atoms with van der Waals surface area (Å²) in [5, 5.41) is 7.27. The molecule has 0 saturated carbocycles. The number of aromatic nitrogens is 1. The summed E-state index contributed by atoms with van der Waals surface area (Å²) in [7, 11) is 0. The second kappa shape index (κ2) is 8.89. The molecule has 3 rings (SSSR count). The number of hydrogen-bond acceptors (Lipinski definition) is 2. The number of hydrogen-bond donors (Lipinski definition) is 2. The van der Waals surface area contributed by atoms with Crippen LogP contribution >= 0.6 is 0 Å². The van der Waals surface area contributed by atoms with Crippen LogP contribution < -0.4 is 16.2 Å². The maximum absolute atomic E-state index is 12.7. The summed E-state index contributed by atoms with van der Waals surface area (Å²) in [6, 6.07) is 7.19. The molecule has 0 spiro atoms. The number of rotatable bonds is 6. The molecule has 2 amide bonds. The molecular formula is C22H29N3O2. The molecule has 27 heavy (non-hydrogen) atoms. The highest BCUT2D eigenvalue weighted by atomic mass is 16.2. The summed E-state index contributed by atoms with van der Waals surface area (Å²) in [4.78, 5) is 25.1. The monoisotopic (exact) mass is 367 g/mol. The van der Waals surface area contributed by atoms with Gasteiger partial charge in [0.25, 0.3) is 5.56 Å². The van der Waals surface area contributed by atoms with E-state index in [4.69, 9.17) is 0 Å². The van der Waals surface area contributed by atoms with Crippen LogP contribution in [0.5, 0.6) is 0 Å². The van der Waals surface area contributed by atoms with Crippen molar-refractivity contribution in [3.8, 4) is 0 Å². The number of allylic oxidation sites excluding steroid dienone is 1. The molecule has 1 aliphatic carbocycles. The fraction of sp³-hybridized carbons (Fsp3) is 0.455. The SMILES string of the molecule is CC(C)Cn1cc(NC(=O)NCCC2=CCCCC2)c2ccccc2c1=O. The van der Waals surface area contributed by atoms with E-state index in [2.05, 4.69) is 30.6 Å². The van der Waals surface area contributed by atoms with Crippen LogP contribution in [0.4, 0.5) is 10.5 Å². The predicted octanol–water partition coefficient (Wildman–Crippen LogP) is 4.67. The molecule has 5 nitrogen and oxygen atoms in total. The second-order valence-electron chi connectivity index (χ2n) is 7.68. The van der Waals surface area contributed by atoms with Gasteiger partial charge in [0.05, 0.1) is 5.69 Å². The zero-order valence-electron chi connectivity index (χ0n) is 16.3. The van der Waals surface area contributed by atoms with Crippen molar-refractivity contribution in [1.29, 1.82) is 0 Å². The number of nitrogens with zero attached hydrogens (tertiary/aromatic N) is 1. The van der Waals surface area contributed by atoms with Gasteiger partial charge in [0.2, 0.25) is 0 Å². The van der Waals surface area contributed by atoms with Gasteiger partial charge in [-0.1, -0.05) is 43.7 Å². The lowest BCUT2D eigenvalue weighted by molar-refractivity contribution is 0.252. The number of fused-ring (bicyclic) bond motifs is 1. The first-order chi connectivity index (χ1) is 13.0. The lowest BCUT2D eigenvalue weighted by Crippen LogP contribution is -2.31. The van der Waals surface area contributed by atoms with E-state index in [1.54, 1.807) is 10.8 Å². The molecule has 2 N–H and O–H groups in total. The third-order valence-corrected chi connectivity index (χ3v) is 4.92. The van der Waals surface area contributed by atoms with Crippen LogP contribution in [0, 0.1) is 5.92 Å². The molecule has 0 aliphatic heterocycles. The van der Waals surface area contributed by atoms with Gasteiger partial charge in [0.15, 0.2) is 0 Å². The topological polar surface area (TPSA) is 63.1 Å². The standard InChI is InChI=1S/C22H29N3O2/c1-16(2)14-25-15-20(18-10-6-7-11-19(18)21(25)26)24-22(27)23-13-12-17-8-4-3-5-9-17/h6-8,10-11,15-16H,3-5,9,12-14H2,1-2H3,(H2,23,24,27). The number of amides is 2. The van der Waals surface area contributed by atoms with E-state index in [1.807, 2.05) is 24.3 Å². The van der Waals surface area contributed by atoms with E-state index in [1.165, 1.54) is 18.4 Å². The number of urea groups is 1. The molecule has 2 aromatic rings. The Morgan fingerprint density at radius 3 is 2.67 bits per heavy atom. The summed E-state index contributed by atoms with van der Waals surface area (Å²) in [6.45, 7) is 5.39. The Morgan fingerprint density at radius 2 is 1.96 bits per heavy atom. The molecule has 1 aliphatic rings. The second-order valence-corrected chi connectivity index (χ2v) is 7.68. The quantitative estimate of drug-likeness (QED) is 0.729. The minimum Gasteiger partial charge on any atom is -0.338 e. The van der Waals surface area contributed by atoms with Crippen LogP contribution in [-0.2, 0) is 6.54 Å². The number of anilines is 1. The molecule has 0 radical (unpaired) electrons. The van der Waals surface area contributed by atoms with Crippen LogP contribution in [0.3, 0.4) is 0 Å². The molecule has 1 heterocycles. The number of benzene rings is 1. The molecule has 5 heteroatoms. The molecule has 0 atom stereocenters. The summed E-state index contributed by atoms with van der Waals surface area (Å²) in [5.74, 6) is 0.342. The third-order valence-electron chi connectivity index (χ3n) is 4.92. The van der Waals surface area contributed by atoms with E-state index in [-0.39, 0.29) is 11.6 Å². The lowest BCUT2D eigenvalue weighted by Gasteiger charge is -2.16. The maximum Gasteiger partial charge on any atom is 0.319 e. The first-order valence-electron chi connectivity index (χ1n) is 9.89. The van der Waals surface area contributed by atoms with Crippen LogP contribution in [0.1, 0.15) is 46.0 Å². The van der Waals surface area contributed by atoms with Crippen molar-refractivity contribution in [3.05, 3.63) is 52.5 Å². The Kier molecular flexibility index (Phi) is 6.32. The van der Waals surface area contributed by atoms with Crippen molar-refractivity contribution >= 4 is 22.5 Å². The minimum atomic E-state index is -0.230. The van der Waals surface area contributed by atoms with E-state index < -0.39 is 0 Å². The Hall–Kier alpha value is -2.56. The zero-order chi connectivity index (χ0) is 19.2. The lowest BCUT2D eigenvalue weighted by atomic mass is 9.97. The van der Waals surface area contributed by atoms with Crippen molar-refractivity contribution in [2.24, 2.45) is 5.92 Å². The predicted molar refractivity (Wildman–Crippen MR) is 111 cm³/mol. The normalized spacial score (nSPS) is 14.3. The van der Waals surface area contributed by atoms with E-state index in [0.717, 1.165) is 24.6 Å². The average Bonchev–Trinajstić information content (AvgIpc) is 2.66. The highest BCUT2D eigenvalue weighted by molar-refractivity contribution is 6.00. The smallest absolute Gasteiger partial charge is 0.319 e. The van der Waals surface area contributed by atoms with E-state index in [0.29, 0.717) is 30.1 Å². The van der Waals surface area contributed by atoms with Gasteiger partial charge >= 0.3 is 6.03 Å². The molecular weight excluding hydrogens is 338 g/mol. The molecule has 1 aromatic carbocycles. The van der Waals surface area contributed by atoms with Gasteiger partial charge in [-0.2, -0.15) is 0 Å². The largest absolute Gasteiger partial charge is 0.338 e. The average molecular weight is 367 g/mol. The maximum atomic E-state index is 12.7. The van der Waals surface area contributed by atoms with E-state index in [9.17, 15) is 9.59 Å². The summed E-state index contributed by atoms with van der Waals surface area (Å²) >= 11 is 0. The number of carbonyl (C=O) groups excluding carboxylic acids is 1. The number of nitrogens with one attached hydrogen (secondary N) is 2. The van der Waals surface area contributed by atoms with Crippen LogP contribution in [0.25, 0.3) is 10.8 Å². The highest BCUT2D eigenvalue weighted by Gasteiger charge is 2.12. The third kappa shape index (κ3) is 5.00. The van der Waals surface area contributed by atoms with Crippen molar-refractivity contribution in [2.45, 2.75) is 52.5 Å². The van der Waals surface area contributed by atoms with Gasteiger partial charge in [-0.25, -0.2) is 4.79 Å². The van der Waals surface area contributed by atoms with Crippen molar-refractivity contribution < 1.29 is 4.79 Å². The van der Waals surface area contributed by atoms with Gasteiger partial charge in [-0.05, 0) is 44.1 Å². The highest BCUT2D eigenvalue weighted by Crippen LogP contribution is 2.21. The number of pyridine rings is 1. The molecule has 0 bridgehead atoms. The van der Waals surface area contributed by atoms with Gasteiger partial charge < -0.3 is 15.2 Å². The Labute approximate surface area is 160 Å². The Balaban J connectivity index is 1.73. The number of carbonyl (C=O) groups is 1. The molecule has 1 aromatic heterocycles. The first-order valence-corrected chi connectivity index (χ1v) is 9.89. The van der Waals surface area contributed by atoms with Crippen molar-refractivity contribution in [1.82, 2.24) is 9.88 Å². The zero-order valence-corrected chi connectivity index (χ0v) is 16.3. The Bertz CT molecular complexity index is 896. The molecule has 0 fully saturated rings. The van der Waals surface area contributed by atoms with Gasteiger partial charge in [0.1, 0.15) is 0 Å². The van der Waals surface area contributed by atoms with Gasteiger partial charge in [-0.15, -0.1) is 0 Å². The molecule has 0 saturated heterocycles. The van der Waals surface area contributed by atoms with Crippen molar-refractivity contribution in [2.75, 3.05) is 11.9 Å². The summed E-state index contributed by atoms with van der Waals surface area (Å²) < 4.78 is 1.69. The first kappa shape index (κ1) is 19.2. The fourth-order valence-corrected chi connectivity index (χ4v) is 3.61. The molecule has 0 unspecified atom stereocenters. The van der Waals surface area contributed by atoms with Crippen LogP contribution in [-0.4, -0.2) is 17.1 Å². The van der Waals surface area contributed by atoms with Gasteiger partial charge in [-0.3, -0.25) is 4.79 Å². The van der Waals surface area contributed by atoms with Crippen LogP contribution in [0.2, 0.25) is 0 Å². The van der Waals surface area contributed by atoms with Gasteiger partial charge in [0, 0.05) is 30.1 Å².